The number of likely N-dealkylation sites (N-methyl/N-ethyl adjacent to an activating group) is 1. The van der Waals surface area contributed by atoms with E-state index < -0.39 is 0 Å². The Morgan fingerprint density at radius 1 is 1.22 bits per heavy atom. The molecular weight excluding hydrogens is 222 g/mol. The van der Waals surface area contributed by atoms with Gasteiger partial charge in [-0.15, -0.1) is 0 Å². The number of nitrogens with two attached hydrogens (primary N) is 1. The molecule has 3 nitrogen and oxygen atoms in total. The Labute approximate surface area is 110 Å². The second kappa shape index (κ2) is 6.86. The molecule has 100 valence electrons. The molecular formula is C15H25N3. The van der Waals surface area contributed by atoms with Gasteiger partial charge in [0.05, 0.1) is 0 Å². The van der Waals surface area contributed by atoms with Gasteiger partial charge in [-0.25, -0.2) is 0 Å². The summed E-state index contributed by atoms with van der Waals surface area (Å²) in [6.07, 6.45) is 9.80. The van der Waals surface area contributed by atoms with Gasteiger partial charge in [0.25, 0.3) is 0 Å². The first-order valence-electron chi connectivity index (χ1n) is 7.18. The summed E-state index contributed by atoms with van der Waals surface area (Å²) >= 11 is 0. The number of rotatable bonds is 5. The first-order valence-corrected chi connectivity index (χ1v) is 7.18. The van der Waals surface area contributed by atoms with E-state index >= 15 is 0 Å². The topological polar surface area (TPSA) is 42.2 Å². The number of hydrogen-bond donors (Lipinski definition) is 1. The van der Waals surface area contributed by atoms with Gasteiger partial charge in [0.2, 0.25) is 0 Å². The molecule has 1 fully saturated rings. The summed E-state index contributed by atoms with van der Waals surface area (Å²) in [6.45, 7) is 4.56. The fourth-order valence-electron chi connectivity index (χ4n) is 2.89. The van der Waals surface area contributed by atoms with E-state index in [-0.39, 0.29) is 0 Å². The highest BCUT2D eigenvalue weighted by molar-refractivity contribution is 5.10. The Kier molecular flexibility index (Phi) is 5.14. The molecule has 0 spiro atoms. The molecule has 0 aromatic carbocycles. The van der Waals surface area contributed by atoms with Crippen LogP contribution in [0.3, 0.4) is 0 Å². The van der Waals surface area contributed by atoms with E-state index in [0.717, 1.165) is 25.6 Å². The van der Waals surface area contributed by atoms with Crippen molar-refractivity contribution >= 4 is 0 Å². The molecule has 0 saturated heterocycles. The average molecular weight is 247 g/mol. The fraction of sp³-hybridized carbons (Fsp3) is 0.667. The predicted octanol–water partition coefficient (Wildman–Crippen LogP) is 2.22. The van der Waals surface area contributed by atoms with Crippen LogP contribution in [0, 0.1) is 0 Å². The second-order valence-electron chi connectivity index (χ2n) is 5.30. The van der Waals surface area contributed by atoms with Crippen molar-refractivity contribution in [1.82, 2.24) is 9.88 Å². The summed E-state index contributed by atoms with van der Waals surface area (Å²) in [5.41, 5.74) is 7.36. The zero-order valence-electron chi connectivity index (χ0n) is 11.4. The van der Waals surface area contributed by atoms with Crippen molar-refractivity contribution < 1.29 is 0 Å². The van der Waals surface area contributed by atoms with Crippen LogP contribution in [0.15, 0.2) is 24.5 Å². The van der Waals surface area contributed by atoms with Crippen LogP contribution < -0.4 is 5.73 Å². The summed E-state index contributed by atoms with van der Waals surface area (Å²) in [7, 11) is 0. The van der Waals surface area contributed by atoms with Crippen LogP contribution in [0.1, 0.15) is 38.2 Å². The van der Waals surface area contributed by atoms with Crippen LogP contribution in [-0.2, 0) is 6.42 Å². The number of aromatic nitrogens is 1. The van der Waals surface area contributed by atoms with Gasteiger partial charge in [-0.05, 0) is 56.3 Å². The van der Waals surface area contributed by atoms with E-state index in [1.165, 1.54) is 31.2 Å². The van der Waals surface area contributed by atoms with E-state index in [2.05, 4.69) is 28.9 Å². The normalized spacial score (nSPS) is 24.4. The van der Waals surface area contributed by atoms with Gasteiger partial charge in [0.15, 0.2) is 0 Å². The Bertz CT molecular complexity index is 331. The minimum Gasteiger partial charge on any atom is -0.328 e. The van der Waals surface area contributed by atoms with Gasteiger partial charge < -0.3 is 10.6 Å². The second-order valence-corrected chi connectivity index (χ2v) is 5.30. The van der Waals surface area contributed by atoms with Crippen LogP contribution in [0.2, 0.25) is 0 Å². The third-order valence-corrected chi connectivity index (χ3v) is 4.10. The summed E-state index contributed by atoms with van der Waals surface area (Å²) in [5, 5.41) is 0. The van der Waals surface area contributed by atoms with Crippen LogP contribution in [0.4, 0.5) is 0 Å². The predicted molar refractivity (Wildman–Crippen MR) is 75.4 cm³/mol. The average Bonchev–Trinajstić information content (AvgIpc) is 2.42. The van der Waals surface area contributed by atoms with Gasteiger partial charge in [-0.2, -0.15) is 0 Å². The maximum Gasteiger partial charge on any atom is 0.0270 e. The van der Waals surface area contributed by atoms with Gasteiger partial charge in [0, 0.05) is 31.0 Å². The molecule has 0 aliphatic heterocycles. The maximum atomic E-state index is 5.98. The Morgan fingerprint density at radius 2 is 1.89 bits per heavy atom. The van der Waals surface area contributed by atoms with Crippen LogP contribution >= 0.6 is 0 Å². The Hall–Kier alpha value is -0.930. The summed E-state index contributed by atoms with van der Waals surface area (Å²) in [5.74, 6) is 0. The third-order valence-electron chi connectivity index (χ3n) is 4.10. The Balaban J connectivity index is 1.82. The lowest BCUT2D eigenvalue weighted by atomic mass is 9.90. The van der Waals surface area contributed by atoms with Crippen LogP contribution in [0.25, 0.3) is 0 Å². The lowest BCUT2D eigenvalue weighted by molar-refractivity contribution is 0.158. The number of nitrogens with zero attached hydrogens (tertiary/aromatic N) is 2. The zero-order valence-corrected chi connectivity index (χ0v) is 11.4. The largest absolute Gasteiger partial charge is 0.328 e. The molecule has 1 aromatic heterocycles. The molecule has 0 atom stereocenters. The van der Waals surface area contributed by atoms with Gasteiger partial charge >= 0.3 is 0 Å². The molecule has 0 unspecified atom stereocenters. The molecule has 2 N–H and O–H groups in total. The zero-order chi connectivity index (χ0) is 12.8. The molecule has 1 aromatic rings. The molecule has 18 heavy (non-hydrogen) atoms. The molecule has 0 radical (unpaired) electrons. The number of pyridine rings is 1. The summed E-state index contributed by atoms with van der Waals surface area (Å²) < 4.78 is 0. The molecule has 3 heteroatoms. The van der Waals surface area contributed by atoms with Gasteiger partial charge in [-0.3, -0.25) is 4.98 Å². The van der Waals surface area contributed by atoms with E-state index in [1.54, 1.807) is 0 Å². The quantitative estimate of drug-likeness (QED) is 0.867. The van der Waals surface area contributed by atoms with Gasteiger partial charge in [-0.1, -0.05) is 6.92 Å². The van der Waals surface area contributed by atoms with E-state index in [9.17, 15) is 0 Å². The van der Waals surface area contributed by atoms with E-state index in [1.807, 2.05) is 12.4 Å². The Morgan fingerprint density at radius 3 is 2.50 bits per heavy atom. The first-order chi connectivity index (χ1) is 8.79. The van der Waals surface area contributed by atoms with E-state index in [4.69, 9.17) is 5.73 Å². The lowest BCUT2D eigenvalue weighted by Gasteiger charge is -2.35. The lowest BCUT2D eigenvalue weighted by Crippen LogP contribution is -2.41. The minimum atomic E-state index is 0.445. The van der Waals surface area contributed by atoms with Crippen molar-refractivity contribution in [2.75, 3.05) is 13.1 Å². The highest BCUT2D eigenvalue weighted by Crippen LogP contribution is 2.22. The van der Waals surface area contributed by atoms with Crippen molar-refractivity contribution in [3.05, 3.63) is 30.1 Å². The van der Waals surface area contributed by atoms with Crippen molar-refractivity contribution in [2.45, 2.75) is 51.1 Å². The maximum absolute atomic E-state index is 5.98. The monoisotopic (exact) mass is 247 g/mol. The molecule has 1 aliphatic rings. The van der Waals surface area contributed by atoms with Crippen molar-refractivity contribution in [3.63, 3.8) is 0 Å². The third kappa shape index (κ3) is 3.79. The van der Waals surface area contributed by atoms with Gasteiger partial charge in [0.1, 0.15) is 0 Å². The highest BCUT2D eigenvalue weighted by atomic mass is 15.1. The van der Waals surface area contributed by atoms with Crippen molar-refractivity contribution in [3.8, 4) is 0 Å². The molecule has 1 heterocycles. The smallest absolute Gasteiger partial charge is 0.0270 e. The minimum absolute atomic E-state index is 0.445. The van der Waals surface area contributed by atoms with Crippen LogP contribution in [-0.4, -0.2) is 35.1 Å². The highest BCUT2D eigenvalue weighted by Gasteiger charge is 2.22. The van der Waals surface area contributed by atoms with Crippen molar-refractivity contribution in [1.29, 1.82) is 0 Å². The SMILES string of the molecule is CCN(CCc1ccncc1)C1CCC(N)CC1. The van der Waals surface area contributed by atoms with Crippen molar-refractivity contribution in [2.24, 2.45) is 5.73 Å². The van der Waals surface area contributed by atoms with Crippen LogP contribution in [0.5, 0.6) is 0 Å². The molecule has 2 rings (SSSR count). The number of hydrogen-bond acceptors (Lipinski definition) is 3. The fourth-order valence-corrected chi connectivity index (χ4v) is 2.89. The molecule has 0 amide bonds. The molecule has 1 aliphatic carbocycles. The first kappa shape index (κ1) is 13.5. The van der Waals surface area contributed by atoms with E-state index in [0.29, 0.717) is 6.04 Å². The standard InChI is InChI=1S/C15H25N3/c1-2-18(15-5-3-14(16)4-6-15)12-9-13-7-10-17-11-8-13/h7-8,10-11,14-15H,2-6,9,12,16H2,1H3. The summed E-state index contributed by atoms with van der Waals surface area (Å²) in [6, 6.07) is 5.42. The summed E-state index contributed by atoms with van der Waals surface area (Å²) in [4.78, 5) is 6.68. The molecule has 1 saturated carbocycles. The molecule has 0 bridgehead atoms.